The van der Waals surface area contributed by atoms with Gasteiger partial charge in [-0.15, -0.1) is 0 Å². The van der Waals surface area contributed by atoms with Crippen LogP contribution in [0.25, 0.3) is 0 Å². The third-order valence-electron chi connectivity index (χ3n) is 5.95. The number of para-hydroxylation sites is 2. The number of hydrogen-bond donors (Lipinski definition) is 1. The van der Waals surface area contributed by atoms with Gasteiger partial charge in [-0.1, -0.05) is 18.2 Å². The van der Waals surface area contributed by atoms with E-state index in [-0.39, 0.29) is 6.03 Å². The molecule has 1 N–H and O–H groups in total. The zero-order chi connectivity index (χ0) is 20.8. The SMILES string of the molecule is COc1ccccc1N1CCN(CCCCNC(=O)N2Cc3cccnc3C2)CC1. The lowest BCUT2D eigenvalue weighted by atomic mass is 10.2. The van der Waals surface area contributed by atoms with E-state index in [1.165, 1.54) is 5.69 Å². The molecule has 0 unspecified atom stereocenters. The maximum absolute atomic E-state index is 12.4. The minimum atomic E-state index is 0.0124. The highest BCUT2D eigenvalue weighted by atomic mass is 16.5. The van der Waals surface area contributed by atoms with Gasteiger partial charge in [-0.05, 0) is 43.1 Å². The first kappa shape index (κ1) is 20.5. The van der Waals surface area contributed by atoms with Crippen LogP contribution in [-0.2, 0) is 13.1 Å². The summed E-state index contributed by atoms with van der Waals surface area (Å²) in [5.41, 5.74) is 3.35. The highest BCUT2D eigenvalue weighted by Gasteiger charge is 2.23. The van der Waals surface area contributed by atoms with Crippen LogP contribution in [0.3, 0.4) is 0 Å². The van der Waals surface area contributed by atoms with Crippen LogP contribution in [0, 0.1) is 0 Å². The lowest BCUT2D eigenvalue weighted by Gasteiger charge is -2.36. The van der Waals surface area contributed by atoms with Crippen LogP contribution in [0.1, 0.15) is 24.1 Å². The molecule has 0 bridgehead atoms. The quantitative estimate of drug-likeness (QED) is 0.713. The molecule has 3 heterocycles. The van der Waals surface area contributed by atoms with Crippen LogP contribution >= 0.6 is 0 Å². The van der Waals surface area contributed by atoms with Gasteiger partial charge < -0.3 is 19.9 Å². The summed E-state index contributed by atoms with van der Waals surface area (Å²) >= 11 is 0. The third-order valence-corrected chi connectivity index (χ3v) is 5.95. The van der Waals surface area contributed by atoms with E-state index < -0.39 is 0 Å². The lowest BCUT2D eigenvalue weighted by Crippen LogP contribution is -2.46. The van der Waals surface area contributed by atoms with Gasteiger partial charge in [0.05, 0.1) is 25.0 Å². The summed E-state index contributed by atoms with van der Waals surface area (Å²) in [7, 11) is 1.73. The minimum Gasteiger partial charge on any atom is -0.495 e. The Morgan fingerprint density at radius 1 is 1.07 bits per heavy atom. The second kappa shape index (κ2) is 9.80. The maximum Gasteiger partial charge on any atom is 0.318 e. The van der Waals surface area contributed by atoms with Gasteiger partial charge in [-0.2, -0.15) is 0 Å². The third kappa shape index (κ3) is 4.84. The number of piperazine rings is 1. The van der Waals surface area contributed by atoms with Gasteiger partial charge in [-0.25, -0.2) is 4.79 Å². The fourth-order valence-corrected chi connectivity index (χ4v) is 4.21. The molecule has 0 spiro atoms. The number of ether oxygens (including phenoxy) is 1. The molecule has 160 valence electrons. The smallest absolute Gasteiger partial charge is 0.318 e. The Bertz CT molecular complexity index is 826. The largest absolute Gasteiger partial charge is 0.495 e. The number of aromatic nitrogens is 1. The molecule has 7 nitrogen and oxygen atoms in total. The Morgan fingerprint density at radius 3 is 2.70 bits per heavy atom. The van der Waals surface area contributed by atoms with Gasteiger partial charge in [0, 0.05) is 45.5 Å². The van der Waals surface area contributed by atoms with Crippen molar-refractivity contribution in [3.8, 4) is 5.75 Å². The molecule has 0 radical (unpaired) electrons. The van der Waals surface area contributed by atoms with Crippen molar-refractivity contribution in [1.82, 2.24) is 20.1 Å². The normalized spacial score (nSPS) is 16.4. The van der Waals surface area contributed by atoms with Crippen LogP contribution in [0.2, 0.25) is 0 Å². The van der Waals surface area contributed by atoms with Crippen molar-refractivity contribution in [3.63, 3.8) is 0 Å². The lowest BCUT2D eigenvalue weighted by molar-refractivity contribution is 0.197. The number of benzene rings is 1. The molecule has 0 saturated carbocycles. The predicted octanol–water partition coefficient (Wildman–Crippen LogP) is 2.72. The zero-order valence-electron chi connectivity index (χ0n) is 17.7. The van der Waals surface area contributed by atoms with Crippen molar-refractivity contribution in [2.75, 3.05) is 51.3 Å². The number of rotatable bonds is 7. The summed E-state index contributed by atoms with van der Waals surface area (Å²) in [5.74, 6) is 0.943. The molecule has 2 amide bonds. The molecule has 1 saturated heterocycles. The minimum absolute atomic E-state index is 0.0124. The number of hydrogen-bond acceptors (Lipinski definition) is 5. The van der Waals surface area contributed by atoms with Crippen LogP contribution < -0.4 is 15.0 Å². The van der Waals surface area contributed by atoms with Gasteiger partial charge in [0.15, 0.2) is 0 Å². The Balaban J connectivity index is 1.11. The number of carbonyl (C=O) groups is 1. The summed E-state index contributed by atoms with van der Waals surface area (Å²) in [5, 5.41) is 3.06. The summed E-state index contributed by atoms with van der Waals surface area (Å²) in [4.78, 5) is 23.5. The fraction of sp³-hybridized carbons (Fsp3) is 0.478. The number of nitrogens with one attached hydrogen (secondary N) is 1. The van der Waals surface area contributed by atoms with Crippen molar-refractivity contribution in [1.29, 1.82) is 0 Å². The van der Waals surface area contributed by atoms with E-state index in [0.717, 1.165) is 69.1 Å². The number of amides is 2. The first-order valence-electron chi connectivity index (χ1n) is 10.8. The number of fused-ring (bicyclic) bond motifs is 1. The van der Waals surface area contributed by atoms with Crippen molar-refractivity contribution in [2.24, 2.45) is 0 Å². The van der Waals surface area contributed by atoms with Crippen LogP contribution in [0.4, 0.5) is 10.5 Å². The predicted molar refractivity (Wildman–Crippen MR) is 118 cm³/mol. The van der Waals surface area contributed by atoms with E-state index in [1.54, 1.807) is 13.3 Å². The van der Waals surface area contributed by atoms with E-state index in [1.807, 2.05) is 29.2 Å². The number of methoxy groups -OCH3 is 1. The average Bonchev–Trinajstić information content (AvgIpc) is 3.24. The Morgan fingerprint density at radius 2 is 1.90 bits per heavy atom. The molecule has 4 rings (SSSR count). The van der Waals surface area contributed by atoms with Gasteiger partial charge in [0.1, 0.15) is 5.75 Å². The number of urea groups is 1. The van der Waals surface area contributed by atoms with Crippen LogP contribution in [0.15, 0.2) is 42.6 Å². The highest BCUT2D eigenvalue weighted by molar-refractivity contribution is 5.74. The topological polar surface area (TPSA) is 60.9 Å². The number of nitrogens with zero attached hydrogens (tertiary/aromatic N) is 4. The molecule has 30 heavy (non-hydrogen) atoms. The molecule has 1 fully saturated rings. The monoisotopic (exact) mass is 409 g/mol. The number of unbranched alkanes of at least 4 members (excludes halogenated alkanes) is 1. The first-order chi connectivity index (χ1) is 14.7. The highest BCUT2D eigenvalue weighted by Crippen LogP contribution is 2.28. The Labute approximate surface area is 178 Å². The van der Waals surface area contributed by atoms with Crippen LogP contribution in [-0.4, -0.2) is 67.2 Å². The standard InChI is InChI=1S/C23H31N5O2/c1-30-22-9-3-2-8-21(22)27-15-13-26(14-16-27)12-5-4-10-25-23(29)28-17-19-7-6-11-24-20(19)18-28/h2-3,6-9,11H,4-5,10,12-18H2,1H3,(H,25,29). The molecule has 1 aromatic heterocycles. The molecule has 0 atom stereocenters. The zero-order valence-corrected chi connectivity index (χ0v) is 17.7. The number of anilines is 1. The van der Waals surface area contributed by atoms with Crippen LogP contribution in [0.5, 0.6) is 5.75 Å². The molecule has 2 aromatic rings. The van der Waals surface area contributed by atoms with E-state index in [2.05, 4.69) is 32.2 Å². The molecule has 2 aliphatic rings. The van der Waals surface area contributed by atoms with E-state index in [9.17, 15) is 4.79 Å². The second-order valence-corrected chi connectivity index (χ2v) is 7.90. The van der Waals surface area contributed by atoms with Gasteiger partial charge in [0.25, 0.3) is 0 Å². The first-order valence-corrected chi connectivity index (χ1v) is 10.8. The van der Waals surface area contributed by atoms with E-state index >= 15 is 0 Å². The van der Waals surface area contributed by atoms with E-state index in [4.69, 9.17) is 4.74 Å². The molecule has 1 aromatic carbocycles. The van der Waals surface area contributed by atoms with E-state index in [0.29, 0.717) is 13.1 Å². The molecular formula is C23H31N5O2. The molecule has 0 aliphatic carbocycles. The summed E-state index contributed by atoms with van der Waals surface area (Å²) in [6.45, 7) is 7.22. The van der Waals surface area contributed by atoms with Gasteiger partial charge >= 0.3 is 6.03 Å². The summed E-state index contributed by atoms with van der Waals surface area (Å²) in [6.07, 6.45) is 3.88. The second-order valence-electron chi connectivity index (χ2n) is 7.90. The molecule has 7 heteroatoms. The Kier molecular flexibility index (Phi) is 6.69. The summed E-state index contributed by atoms with van der Waals surface area (Å²) in [6, 6.07) is 12.2. The maximum atomic E-state index is 12.4. The Hall–Kier alpha value is -2.80. The average molecular weight is 410 g/mol. The molecule has 2 aliphatic heterocycles. The van der Waals surface area contributed by atoms with Gasteiger partial charge in [0.2, 0.25) is 0 Å². The number of carbonyl (C=O) groups excluding carboxylic acids is 1. The van der Waals surface area contributed by atoms with Crippen molar-refractivity contribution < 1.29 is 9.53 Å². The fourth-order valence-electron chi connectivity index (χ4n) is 4.21. The number of pyridine rings is 1. The molecular weight excluding hydrogens is 378 g/mol. The van der Waals surface area contributed by atoms with Gasteiger partial charge in [-0.3, -0.25) is 9.88 Å². The van der Waals surface area contributed by atoms with Crippen molar-refractivity contribution >= 4 is 11.7 Å². The van der Waals surface area contributed by atoms with Crippen molar-refractivity contribution in [2.45, 2.75) is 25.9 Å². The van der Waals surface area contributed by atoms with Crippen molar-refractivity contribution in [3.05, 3.63) is 53.9 Å². The summed E-state index contributed by atoms with van der Waals surface area (Å²) < 4.78 is 5.50.